The minimum absolute atomic E-state index is 0. The average Bonchev–Trinajstić information content (AvgIpc) is 2.71. The maximum Gasteiger partial charge on any atom is 0.151 e. The van der Waals surface area contributed by atoms with Crippen molar-refractivity contribution in [3.8, 4) is 0 Å². The number of hydrogen-bond acceptors (Lipinski definition) is 4. The minimum Gasteiger partial charge on any atom is -0.315 e. The van der Waals surface area contributed by atoms with Gasteiger partial charge in [-0.05, 0) is 25.1 Å². The zero-order valence-electron chi connectivity index (χ0n) is 7.85. The fourth-order valence-electron chi connectivity index (χ4n) is 1.39. The standard InChI is InChI=1S/C8H10ClN3OS.ClH/c9-7-1-2-8(12-11-7)14(13)6-3-4-10-5-6;/h1-2,6,10H,3-5H2;1H. The molecule has 1 saturated heterocycles. The van der Waals surface area contributed by atoms with Gasteiger partial charge in [0, 0.05) is 6.54 Å². The molecule has 2 heterocycles. The third-order valence-corrected chi connectivity index (χ3v) is 3.97. The van der Waals surface area contributed by atoms with Crippen LogP contribution in [0.25, 0.3) is 0 Å². The molecule has 2 atom stereocenters. The fourth-order valence-corrected chi connectivity index (χ4v) is 2.76. The van der Waals surface area contributed by atoms with Gasteiger partial charge in [0.25, 0.3) is 0 Å². The lowest BCUT2D eigenvalue weighted by Crippen LogP contribution is -2.19. The number of hydrogen-bond donors (Lipinski definition) is 1. The van der Waals surface area contributed by atoms with Gasteiger partial charge in [0.2, 0.25) is 0 Å². The number of nitrogens with one attached hydrogen (secondary N) is 1. The van der Waals surface area contributed by atoms with Gasteiger partial charge in [-0.3, -0.25) is 4.21 Å². The van der Waals surface area contributed by atoms with Crippen LogP contribution in [0.15, 0.2) is 17.2 Å². The van der Waals surface area contributed by atoms with Crippen molar-refractivity contribution in [3.63, 3.8) is 0 Å². The van der Waals surface area contributed by atoms with Crippen LogP contribution in [0.5, 0.6) is 0 Å². The van der Waals surface area contributed by atoms with Gasteiger partial charge in [-0.15, -0.1) is 22.6 Å². The summed E-state index contributed by atoms with van der Waals surface area (Å²) in [7, 11) is -1.06. The highest BCUT2D eigenvalue weighted by molar-refractivity contribution is 7.85. The lowest BCUT2D eigenvalue weighted by molar-refractivity contribution is 0.667. The van der Waals surface area contributed by atoms with E-state index in [0.29, 0.717) is 10.2 Å². The number of aromatic nitrogens is 2. The first kappa shape index (κ1) is 12.8. The second-order valence-corrected chi connectivity index (χ2v) is 5.17. The first-order chi connectivity index (χ1) is 6.77. The van der Waals surface area contributed by atoms with E-state index in [4.69, 9.17) is 11.6 Å². The number of nitrogens with zero attached hydrogens (tertiary/aromatic N) is 2. The van der Waals surface area contributed by atoms with Crippen molar-refractivity contribution in [1.82, 2.24) is 15.5 Å². The summed E-state index contributed by atoms with van der Waals surface area (Å²) in [6.07, 6.45) is 0.927. The third kappa shape index (κ3) is 3.11. The molecule has 4 nitrogen and oxygen atoms in total. The van der Waals surface area contributed by atoms with Crippen LogP contribution in [0, 0.1) is 0 Å². The molecule has 0 spiro atoms. The Bertz CT molecular complexity index is 340. The Kier molecular flexibility index (Phi) is 4.92. The smallest absolute Gasteiger partial charge is 0.151 e. The Balaban J connectivity index is 0.00000112. The van der Waals surface area contributed by atoms with E-state index in [9.17, 15) is 4.21 Å². The predicted octanol–water partition coefficient (Wildman–Crippen LogP) is 1.02. The molecule has 0 aromatic carbocycles. The summed E-state index contributed by atoms with van der Waals surface area (Å²) in [4.78, 5) is 0. The molecular formula is C8H11Cl2N3OS. The van der Waals surface area contributed by atoms with Crippen LogP contribution in [-0.2, 0) is 10.8 Å². The Morgan fingerprint density at radius 2 is 2.27 bits per heavy atom. The molecule has 1 N–H and O–H groups in total. The van der Waals surface area contributed by atoms with Crippen molar-refractivity contribution < 1.29 is 4.21 Å². The second-order valence-electron chi connectivity index (χ2n) is 3.11. The Labute approximate surface area is 102 Å². The Hall–Kier alpha value is -0.230. The predicted molar refractivity (Wildman–Crippen MR) is 62.0 cm³/mol. The van der Waals surface area contributed by atoms with E-state index in [1.165, 1.54) is 0 Å². The summed E-state index contributed by atoms with van der Waals surface area (Å²) < 4.78 is 11.9. The van der Waals surface area contributed by atoms with Crippen LogP contribution in [0.4, 0.5) is 0 Å². The third-order valence-electron chi connectivity index (χ3n) is 2.13. The number of halogens is 2. The second kappa shape index (κ2) is 5.75. The van der Waals surface area contributed by atoms with E-state index < -0.39 is 10.8 Å². The molecule has 0 radical (unpaired) electrons. The fraction of sp³-hybridized carbons (Fsp3) is 0.500. The Morgan fingerprint density at radius 3 is 2.80 bits per heavy atom. The molecule has 7 heteroatoms. The van der Waals surface area contributed by atoms with Crippen LogP contribution >= 0.6 is 24.0 Å². The zero-order valence-corrected chi connectivity index (χ0v) is 10.2. The van der Waals surface area contributed by atoms with Gasteiger partial charge >= 0.3 is 0 Å². The molecular weight excluding hydrogens is 257 g/mol. The van der Waals surface area contributed by atoms with Crippen molar-refractivity contribution in [2.45, 2.75) is 16.7 Å². The summed E-state index contributed by atoms with van der Waals surface area (Å²) in [5.41, 5.74) is 0. The van der Waals surface area contributed by atoms with Crippen molar-refractivity contribution in [3.05, 3.63) is 17.3 Å². The van der Waals surface area contributed by atoms with E-state index >= 15 is 0 Å². The Morgan fingerprint density at radius 1 is 1.47 bits per heavy atom. The quantitative estimate of drug-likeness (QED) is 0.870. The molecule has 1 aromatic heterocycles. The highest BCUT2D eigenvalue weighted by Crippen LogP contribution is 2.14. The molecule has 2 rings (SSSR count). The SMILES string of the molecule is Cl.O=S(c1ccc(Cl)nn1)C1CCNC1. The molecule has 0 saturated carbocycles. The van der Waals surface area contributed by atoms with Crippen molar-refractivity contribution in [2.75, 3.05) is 13.1 Å². The van der Waals surface area contributed by atoms with Crippen LogP contribution in [-0.4, -0.2) is 32.7 Å². The minimum atomic E-state index is -1.06. The first-order valence-corrected chi connectivity index (χ1v) is 5.97. The van der Waals surface area contributed by atoms with Gasteiger partial charge in [-0.1, -0.05) is 11.6 Å². The highest BCUT2D eigenvalue weighted by Gasteiger charge is 2.23. The molecule has 15 heavy (non-hydrogen) atoms. The summed E-state index contributed by atoms with van der Waals surface area (Å²) in [5.74, 6) is 0. The summed E-state index contributed by atoms with van der Waals surface area (Å²) in [6, 6.07) is 3.29. The molecule has 1 aliphatic rings. The van der Waals surface area contributed by atoms with E-state index in [-0.39, 0.29) is 17.7 Å². The molecule has 1 aliphatic heterocycles. The van der Waals surface area contributed by atoms with Gasteiger partial charge in [-0.25, -0.2) is 0 Å². The lowest BCUT2D eigenvalue weighted by atomic mass is 10.4. The van der Waals surface area contributed by atoms with Crippen LogP contribution in [0.2, 0.25) is 5.15 Å². The van der Waals surface area contributed by atoms with Crippen LogP contribution in [0.1, 0.15) is 6.42 Å². The summed E-state index contributed by atoms with van der Waals surface area (Å²) in [5, 5.41) is 11.7. The molecule has 84 valence electrons. The largest absolute Gasteiger partial charge is 0.315 e. The van der Waals surface area contributed by atoms with Crippen LogP contribution < -0.4 is 5.32 Å². The maximum absolute atomic E-state index is 11.9. The average molecular weight is 268 g/mol. The lowest BCUT2D eigenvalue weighted by Gasteiger charge is -2.06. The van der Waals surface area contributed by atoms with E-state index in [1.54, 1.807) is 12.1 Å². The van der Waals surface area contributed by atoms with Crippen LogP contribution in [0.3, 0.4) is 0 Å². The van der Waals surface area contributed by atoms with Crippen molar-refractivity contribution in [2.24, 2.45) is 0 Å². The molecule has 2 unspecified atom stereocenters. The zero-order chi connectivity index (χ0) is 9.97. The summed E-state index contributed by atoms with van der Waals surface area (Å²) >= 11 is 5.59. The molecule has 0 bridgehead atoms. The van der Waals surface area contributed by atoms with Gasteiger partial charge in [0.1, 0.15) is 5.03 Å². The molecule has 0 aliphatic carbocycles. The summed E-state index contributed by atoms with van der Waals surface area (Å²) in [6.45, 7) is 1.72. The molecule has 1 fully saturated rings. The monoisotopic (exact) mass is 267 g/mol. The van der Waals surface area contributed by atoms with E-state index in [2.05, 4.69) is 15.5 Å². The van der Waals surface area contributed by atoms with Crippen molar-refractivity contribution >= 4 is 34.8 Å². The van der Waals surface area contributed by atoms with Gasteiger partial charge in [0.05, 0.1) is 16.0 Å². The van der Waals surface area contributed by atoms with Gasteiger partial charge < -0.3 is 5.32 Å². The van der Waals surface area contributed by atoms with Gasteiger partial charge in [0.15, 0.2) is 5.15 Å². The number of rotatable bonds is 2. The van der Waals surface area contributed by atoms with E-state index in [1.807, 2.05) is 0 Å². The molecule has 1 aromatic rings. The van der Waals surface area contributed by atoms with Crippen molar-refractivity contribution in [1.29, 1.82) is 0 Å². The van der Waals surface area contributed by atoms with E-state index in [0.717, 1.165) is 19.5 Å². The topological polar surface area (TPSA) is 54.9 Å². The first-order valence-electron chi connectivity index (χ1n) is 4.38. The maximum atomic E-state index is 11.9. The normalized spacial score (nSPS) is 22.1. The molecule has 0 amide bonds. The highest BCUT2D eigenvalue weighted by atomic mass is 35.5. The van der Waals surface area contributed by atoms with Gasteiger partial charge in [-0.2, -0.15) is 0 Å².